The molecule has 6 nitrogen and oxygen atoms in total. The number of nitrogens with zero attached hydrogens (tertiary/aromatic N) is 4. The quantitative estimate of drug-likeness (QED) is 0.862. The van der Waals surface area contributed by atoms with Gasteiger partial charge in [0.05, 0.1) is 23.6 Å². The van der Waals surface area contributed by atoms with E-state index in [0.29, 0.717) is 17.8 Å². The van der Waals surface area contributed by atoms with Gasteiger partial charge in [-0.05, 0) is 6.07 Å². The molecule has 0 aliphatic rings. The van der Waals surface area contributed by atoms with Crippen LogP contribution in [0.1, 0.15) is 15.9 Å². The van der Waals surface area contributed by atoms with Crippen LogP contribution < -0.4 is 5.73 Å². The lowest BCUT2D eigenvalue weighted by atomic mass is 10.2. The van der Waals surface area contributed by atoms with Gasteiger partial charge in [-0.2, -0.15) is 5.10 Å². The number of nitrogens with two attached hydrogens (primary N) is 1. The van der Waals surface area contributed by atoms with Gasteiger partial charge >= 0.3 is 0 Å². The van der Waals surface area contributed by atoms with Crippen molar-refractivity contribution in [1.29, 1.82) is 0 Å². The summed E-state index contributed by atoms with van der Waals surface area (Å²) in [4.78, 5) is 17.6. The highest BCUT2D eigenvalue weighted by atomic mass is 16.2. The van der Waals surface area contributed by atoms with Crippen molar-refractivity contribution >= 4 is 11.6 Å². The predicted octanol–water partition coefficient (Wildman–Crippen LogP) is 0.670. The minimum Gasteiger partial charge on any atom is -0.397 e. The molecule has 1 amide bonds. The first kappa shape index (κ1) is 12.1. The summed E-state index contributed by atoms with van der Waals surface area (Å²) in [6.07, 6.45) is 6.64. The van der Waals surface area contributed by atoms with E-state index < -0.39 is 0 Å². The fourth-order valence-electron chi connectivity index (χ4n) is 1.71. The number of aromatic nitrogens is 3. The van der Waals surface area contributed by atoms with Gasteiger partial charge < -0.3 is 10.6 Å². The highest BCUT2D eigenvalue weighted by Crippen LogP contribution is 2.13. The number of pyridine rings is 1. The van der Waals surface area contributed by atoms with Crippen LogP contribution in [0.3, 0.4) is 0 Å². The van der Waals surface area contributed by atoms with Gasteiger partial charge in [-0.15, -0.1) is 0 Å². The number of carbonyl (C=O) groups is 1. The molecule has 2 aromatic rings. The maximum atomic E-state index is 12.2. The second-order valence-corrected chi connectivity index (χ2v) is 4.15. The summed E-state index contributed by atoms with van der Waals surface area (Å²) >= 11 is 0. The zero-order chi connectivity index (χ0) is 13.1. The first-order chi connectivity index (χ1) is 8.58. The lowest BCUT2D eigenvalue weighted by Crippen LogP contribution is -2.26. The lowest BCUT2D eigenvalue weighted by molar-refractivity contribution is 0.0786. The average molecular weight is 245 g/mol. The van der Waals surface area contributed by atoms with Crippen LogP contribution in [0, 0.1) is 0 Å². The summed E-state index contributed by atoms with van der Waals surface area (Å²) in [6, 6.07) is 1.62. The van der Waals surface area contributed by atoms with Crippen molar-refractivity contribution in [1.82, 2.24) is 19.7 Å². The topological polar surface area (TPSA) is 77.0 Å². The van der Waals surface area contributed by atoms with Gasteiger partial charge in [0.1, 0.15) is 0 Å². The van der Waals surface area contributed by atoms with Gasteiger partial charge in [0.25, 0.3) is 5.91 Å². The Kier molecular flexibility index (Phi) is 3.27. The van der Waals surface area contributed by atoms with E-state index in [4.69, 9.17) is 5.73 Å². The Balaban J connectivity index is 2.12. The normalized spacial score (nSPS) is 10.3. The largest absolute Gasteiger partial charge is 0.397 e. The van der Waals surface area contributed by atoms with Crippen LogP contribution in [0.25, 0.3) is 0 Å². The number of amides is 1. The monoisotopic (exact) mass is 245 g/mol. The Labute approximate surface area is 105 Å². The molecule has 2 aromatic heterocycles. The van der Waals surface area contributed by atoms with Crippen LogP contribution in [0.5, 0.6) is 0 Å². The maximum absolute atomic E-state index is 12.2. The molecule has 0 bridgehead atoms. The lowest BCUT2D eigenvalue weighted by Gasteiger charge is -2.17. The third-order valence-electron chi connectivity index (χ3n) is 2.61. The molecule has 0 aliphatic carbocycles. The zero-order valence-electron chi connectivity index (χ0n) is 10.4. The molecule has 0 spiro atoms. The summed E-state index contributed by atoms with van der Waals surface area (Å²) in [5, 5.41) is 4.06. The number of nitrogen functional groups attached to an aromatic ring is 1. The number of hydrogen-bond donors (Lipinski definition) is 1. The van der Waals surface area contributed by atoms with Gasteiger partial charge in [0.15, 0.2) is 0 Å². The second-order valence-electron chi connectivity index (χ2n) is 4.15. The average Bonchev–Trinajstić information content (AvgIpc) is 2.74. The molecule has 0 aliphatic heterocycles. The summed E-state index contributed by atoms with van der Waals surface area (Å²) in [5.41, 5.74) is 7.56. The molecule has 2 heterocycles. The Bertz CT molecular complexity index is 563. The number of anilines is 1. The Morgan fingerprint density at radius 3 is 2.89 bits per heavy atom. The first-order valence-electron chi connectivity index (χ1n) is 5.50. The van der Waals surface area contributed by atoms with Crippen molar-refractivity contribution < 1.29 is 4.79 Å². The van der Waals surface area contributed by atoms with Gasteiger partial charge in [-0.1, -0.05) is 0 Å². The van der Waals surface area contributed by atoms with E-state index in [-0.39, 0.29) is 5.91 Å². The van der Waals surface area contributed by atoms with Crippen molar-refractivity contribution in [2.75, 3.05) is 12.8 Å². The van der Waals surface area contributed by atoms with E-state index in [9.17, 15) is 4.79 Å². The summed E-state index contributed by atoms with van der Waals surface area (Å²) in [6.45, 7) is 0.494. The molecule has 2 N–H and O–H groups in total. The molecule has 0 saturated carbocycles. The number of carbonyl (C=O) groups excluding carboxylic acids is 1. The van der Waals surface area contributed by atoms with Crippen molar-refractivity contribution in [3.05, 3.63) is 42.0 Å². The molecule has 6 heteroatoms. The third-order valence-corrected chi connectivity index (χ3v) is 2.61. The minimum absolute atomic E-state index is 0.126. The Morgan fingerprint density at radius 1 is 1.50 bits per heavy atom. The van der Waals surface area contributed by atoms with E-state index in [1.807, 2.05) is 13.2 Å². The van der Waals surface area contributed by atoms with Crippen LogP contribution in [0.2, 0.25) is 0 Å². The third kappa shape index (κ3) is 2.48. The molecule has 94 valence electrons. The zero-order valence-corrected chi connectivity index (χ0v) is 10.4. The Morgan fingerprint density at radius 2 is 2.28 bits per heavy atom. The minimum atomic E-state index is -0.126. The van der Waals surface area contributed by atoms with E-state index >= 15 is 0 Å². The van der Waals surface area contributed by atoms with Gasteiger partial charge in [-0.25, -0.2) is 0 Å². The van der Waals surface area contributed by atoms with Crippen LogP contribution in [0.4, 0.5) is 5.69 Å². The molecule has 0 saturated heterocycles. The predicted molar refractivity (Wildman–Crippen MR) is 67.7 cm³/mol. The standard InChI is InChI=1S/C12H15N5O/c1-16(7-9-5-15-17(2)8-9)12(18)10-3-4-14-6-11(10)13/h3-6,8H,7,13H2,1-2H3. The fourth-order valence-corrected chi connectivity index (χ4v) is 1.71. The fraction of sp³-hybridized carbons (Fsp3) is 0.250. The van der Waals surface area contributed by atoms with Crippen LogP contribution in [0.15, 0.2) is 30.9 Å². The number of rotatable bonds is 3. The molecule has 0 atom stereocenters. The van der Waals surface area contributed by atoms with E-state index in [0.717, 1.165) is 5.56 Å². The van der Waals surface area contributed by atoms with Crippen LogP contribution >= 0.6 is 0 Å². The second kappa shape index (κ2) is 4.87. The smallest absolute Gasteiger partial charge is 0.256 e. The van der Waals surface area contributed by atoms with Crippen molar-refractivity contribution in [2.45, 2.75) is 6.54 Å². The van der Waals surface area contributed by atoms with E-state index in [1.165, 1.54) is 6.20 Å². The van der Waals surface area contributed by atoms with Crippen molar-refractivity contribution in [3.63, 3.8) is 0 Å². The van der Waals surface area contributed by atoms with Crippen LogP contribution in [-0.4, -0.2) is 32.6 Å². The maximum Gasteiger partial charge on any atom is 0.256 e. The van der Waals surface area contributed by atoms with E-state index in [1.54, 1.807) is 35.1 Å². The SMILES string of the molecule is CN(Cc1cnn(C)c1)C(=O)c1ccncc1N. The number of hydrogen-bond acceptors (Lipinski definition) is 4. The molecule has 0 aromatic carbocycles. The summed E-state index contributed by atoms with van der Waals surface area (Å²) < 4.78 is 1.70. The first-order valence-corrected chi connectivity index (χ1v) is 5.50. The molecule has 0 unspecified atom stereocenters. The van der Waals surface area contributed by atoms with Crippen LogP contribution in [-0.2, 0) is 13.6 Å². The molecule has 0 fully saturated rings. The molecular weight excluding hydrogens is 230 g/mol. The molecule has 2 rings (SSSR count). The Hall–Kier alpha value is -2.37. The van der Waals surface area contributed by atoms with Gasteiger partial charge in [0, 0.05) is 38.6 Å². The van der Waals surface area contributed by atoms with Crippen molar-refractivity contribution in [2.24, 2.45) is 7.05 Å². The molecular formula is C12H15N5O. The summed E-state index contributed by atoms with van der Waals surface area (Å²) in [7, 11) is 3.57. The van der Waals surface area contributed by atoms with E-state index in [2.05, 4.69) is 10.1 Å². The van der Waals surface area contributed by atoms with Gasteiger partial charge in [0.2, 0.25) is 0 Å². The summed E-state index contributed by atoms with van der Waals surface area (Å²) in [5.74, 6) is -0.126. The van der Waals surface area contributed by atoms with Gasteiger partial charge in [-0.3, -0.25) is 14.5 Å². The highest BCUT2D eigenvalue weighted by molar-refractivity contribution is 5.98. The molecule has 0 radical (unpaired) electrons. The number of aryl methyl sites for hydroxylation is 1. The highest BCUT2D eigenvalue weighted by Gasteiger charge is 2.15. The molecule has 18 heavy (non-hydrogen) atoms. The van der Waals surface area contributed by atoms with Crippen molar-refractivity contribution in [3.8, 4) is 0 Å².